The van der Waals surface area contributed by atoms with E-state index in [1.54, 1.807) is 54.6 Å². The zero-order valence-corrected chi connectivity index (χ0v) is 17.2. The quantitative estimate of drug-likeness (QED) is 0.431. The highest BCUT2D eigenvalue weighted by molar-refractivity contribution is 5.70. The predicted octanol–water partition coefficient (Wildman–Crippen LogP) is 6.53. The van der Waals surface area contributed by atoms with Crippen molar-refractivity contribution in [3.8, 4) is 17.2 Å². The molecule has 0 aliphatic heterocycles. The van der Waals surface area contributed by atoms with Crippen LogP contribution in [0, 0.1) is 6.92 Å². The Labute approximate surface area is 183 Å². The number of halogens is 3. The summed E-state index contributed by atoms with van der Waals surface area (Å²) in [6.07, 6.45) is -1.11. The van der Waals surface area contributed by atoms with Crippen LogP contribution in [0.3, 0.4) is 0 Å². The van der Waals surface area contributed by atoms with Gasteiger partial charge in [-0.2, -0.15) is 13.2 Å². The standard InChI is InChI=1S/C25H21F3O4/c1-17-8-9-19(16-24(29)30)15-23(17)32-22-7-3-2-6-21(22)31-14-4-5-18-10-12-20(13-11-18)25(26,27)28/h2-13,15H,14,16H2,1H3,(H,29,30)/b5-4+. The molecule has 0 saturated carbocycles. The highest BCUT2D eigenvalue weighted by Gasteiger charge is 2.29. The van der Waals surface area contributed by atoms with Crippen LogP contribution in [-0.2, 0) is 17.4 Å². The van der Waals surface area contributed by atoms with Crippen molar-refractivity contribution in [3.05, 3.63) is 95.1 Å². The lowest BCUT2D eigenvalue weighted by Gasteiger charge is -2.14. The maximum atomic E-state index is 12.6. The van der Waals surface area contributed by atoms with Crippen LogP contribution in [0.5, 0.6) is 17.2 Å². The number of aryl methyl sites for hydroxylation is 1. The molecule has 0 aromatic heterocycles. The molecule has 1 N–H and O–H groups in total. The molecule has 4 nitrogen and oxygen atoms in total. The second kappa shape index (κ2) is 10.0. The van der Waals surface area contributed by atoms with E-state index < -0.39 is 17.7 Å². The summed E-state index contributed by atoms with van der Waals surface area (Å²) < 4.78 is 49.6. The Morgan fingerprint density at radius 1 is 0.969 bits per heavy atom. The Balaban J connectivity index is 1.66. The molecule has 3 rings (SSSR count). The van der Waals surface area contributed by atoms with Crippen molar-refractivity contribution in [2.75, 3.05) is 6.61 Å². The molecule has 0 heterocycles. The van der Waals surface area contributed by atoms with E-state index in [-0.39, 0.29) is 13.0 Å². The fourth-order valence-electron chi connectivity index (χ4n) is 2.92. The predicted molar refractivity (Wildman–Crippen MR) is 115 cm³/mol. The molecule has 3 aromatic rings. The van der Waals surface area contributed by atoms with Gasteiger partial charge in [-0.1, -0.05) is 42.5 Å². The van der Waals surface area contributed by atoms with Crippen molar-refractivity contribution < 1.29 is 32.5 Å². The molecule has 32 heavy (non-hydrogen) atoms. The molecular weight excluding hydrogens is 421 g/mol. The molecule has 0 fully saturated rings. The SMILES string of the molecule is Cc1ccc(CC(=O)O)cc1Oc1ccccc1OC/C=C/c1ccc(C(F)(F)F)cc1. The first-order valence-corrected chi connectivity index (χ1v) is 9.77. The monoisotopic (exact) mass is 442 g/mol. The summed E-state index contributed by atoms with van der Waals surface area (Å²) in [4.78, 5) is 11.0. The van der Waals surface area contributed by atoms with Crippen LogP contribution in [-0.4, -0.2) is 17.7 Å². The van der Waals surface area contributed by atoms with Crippen molar-refractivity contribution in [2.24, 2.45) is 0 Å². The number of carboxylic acid groups (broad SMARTS) is 1. The molecule has 0 bridgehead atoms. The zero-order valence-electron chi connectivity index (χ0n) is 17.2. The summed E-state index contributed by atoms with van der Waals surface area (Å²) in [5.74, 6) is 0.544. The first kappa shape index (κ1) is 22.9. The van der Waals surface area contributed by atoms with E-state index in [1.807, 2.05) is 6.92 Å². The highest BCUT2D eigenvalue weighted by Crippen LogP contribution is 2.33. The summed E-state index contributed by atoms with van der Waals surface area (Å²) in [6, 6.07) is 17.1. The number of ether oxygens (including phenoxy) is 2. The van der Waals surface area contributed by atoms with Gasteiger partial charge in [0.05, 0.1) is 12.0 Å². The van der Waals surface area contributed by atoms with Gasteiger partial charge in [0.15, 0.2) is 11.5 Å². The van der Waals surface area contributed by atoms with Crippen molar-refractivity contribution in [2.45, 2.75) is 19.5 Å². The minimum atomic E-state index is -4.36. The van der Waals surface area contributed by atoms with Crippen molar-refractivity contribution >= 4 is 12.0 Å². The van der Waals surface area contributed by atoms with Gasteiger partial charge in [-0.05, 0) is 60.0 Å². The van der Waals surface area contributed by atoms with E-state index in [9.17, 15) is 18.0 Å². The first-order chi connectivity index (χ1) is 15.2. The Kier molecular flexibility index (Phi) is 7.20. The molecule has 0 aliphatic rings. The van der Waals surface area contributed by atoms with Crippen LogP contribution in [0.4, 0.5) is 13.2 Å². The lowest BCUT2D eigenvalue weighted by atomic mass is 10.1. The third-order valence-corrected chi connectivity index (χ3v) is 4.56. The van der Waals surface area contributed by atoms with Crippen LogP contribution in [0.25, 0.3) is 6.08 Å². The molecular formula is C25H21F3O4. The molecule has 0 radical (unpaired) electrons. The van der Waals surface area contributed by atoms with Gasteiger partial charge >= 0.3 is 12.1 Å². The van der Waals surface area contributed by atoms with Crippen LogP contribution >= 0.6 is 0 Å². The number of aliphatic carboxylic acids is 1. The molecule has 0 saturated heterocycles. The number of carboxylic acids is 1. The Morgan fingerprint density at radius 2 is 1.66 bits per heavy atom. The van der Waals surface area contributed by atoms with Gasteiger partial charge < -0.3 is 14.6 Å². The maximum absolute atomic E-state index is 12.6. The molecule has 166 valence electrons. The van der Waals surface area contributed by atoms with E-state index in [2.05, 4.69) is 0 Å². The molecule has 7 heteroatoms. The third-order valence-electron chi connectivity index (χ3n) is 4.56. The van der Waals surface area contributed by atoms with Gasteiger partial charge in [0.2, 0.25) is 0 Å². The summed E-state index contributed by atoms with van der Waals surface area (Å²) >= 11 is 0. The first-order valence-electron chi connectivity index (χ1n) is 9.77. The highest BCUT2D eigenvalue weighted by atomic mass is 19.4. The van der Waals surface area contributed by atoms with Gasteiger partial charge in [-0.3, -0.25) is 4.79 Å². The fraction of sp³-hybridized carbons (Fsp3) is 0.160. The second-order valence-corrected chi connectivity index (χ2v) is 7.05. The summed E-state index contributed by atoms with van der Waals surface area (Å²) in [5, 5.41) is 9.00. The minimum Gasteiger partial charge on any atom is -0.486 e. The van der Waals surface area contributed by atoms with Crippen LogP contribution in [0.1, 0.15) is 22.3 Å². The van der Waals surface area contributed by atoms with E-state index in [4.69, 9.17) is 14.6 Å². The molecule has 0 spiro atoms. The molecule has 0 amide bonds. The van der Waals surface area contributed by atoms with Crippen LogP contribution in [0.2, 0.25) is 0 Å². The Hall–Kier alpha value is -3.74. The lowest BCUT2D eigenvalue weighted by Crippen LogP contribution is -2.04. The topological polar surface area (TPSA) is 55.8 Å². The summed E-state index contributed by atoms with van der Waals surface area (Å²) in [7, 11) is 0. The van der Waals surface area contributed by atoms with Gasteiger partial charge in [0, 0.05) is 0 Å². The average molecular weight is 442 g/mol. The molecule has 0 atom stereocenters. The van der Waals surface area contributed by atoms with Crippen LogP contribution in [0.15, 0.2) is 72.8 Å². The Morgan fingerprint density at radius 3 is 2.31 bits per heavy atom. The number of benzene rings is 3. The smallest absolute Gasteiger partial charge is 0.416 e. The summed E-state index contributed by atoms with van der Waals surface area (Å²) in [5.41, 5.74) is 1.39. The second-order valence-electron chi connectivity index (χ2n) is 7.05. The molecule has 0 unspecified atom stereocenters. The largest absolute Gasteiger partial charge is 0.486 e. The third kappa shape index (κ3) is 6.38. The number of hydrogen-bond acceptors (Lipinski definition) is 3. The van der Waals surface area contributed by atoms with E-state index in [0.29, 0.717) is 28.4 Å². The van der Waals surface area contributed by atoms with E-state index in [1.165, 1.54) is 12.1 Å². The molecule has 0 aliphatic carbocycles. The zero-order chi connectivity index (χ0) is 23.1. The number of alkyl halides is 3. The minimum absolute atomic E-state index is 0.108. The Bertz CT molecular complexity index is 1100. The van der Waals surface area contributed by atoms with Gasteiger partial charge in [0.25, 0.3) is 0 Å². The summed E-state index contributed by atoms with van der Waals surface area (Å²) in [6.45, 7) is 2.04. The lowest BCUT2D eigenvalue weighted by molar-refractivity contribution is -0.138. The van der Waals surface area contributed by atoms with E-state index >= 15 is 0 Å². The van der Waals surface area contributed by atoms with Crippen LogP contribution < -0.4 is 9.47 Å². The maximum Gasteiger partial charge on any atom is 0.416 e. The van der Waals surface area contributed by atoms with Gasteiger partial charge in [-0.25, -0.2) is 0 Å². The number of hydrogen-bond donors (Lipinski definition) is 1. The van der Waals surface area contributed by atoms with Crippen molar-refractivity contribution in [1.82, 2.24) is 0 Å². The van der Waals surface area contributed by atoms with Crippen molar-refractivity contribution in [3.63, 3.8) is 0 Å². The van der Waals surface area contributed by atoms with Crippen molar-refractivity contribution in [1.29, 1.82) is 0 Å². The number of carbonyl (C=O) groups is 1. The number of para-hydroxylation sites is 2. The average Bonchev–Trinajstić information content (AvgIpc) is 2.74. The molecule has 3 aromatic carbocycles. The number of rotatable bonds is 8. The van der Waals surface area contributed by atoms with E-state index in [0.717, 1.165) is 17.7 Å². The van der Waals surface area contributed by atoms with Gasteiger partial charge in [0.1, 0.15) is 12.4 Å². The van der Waals surface area contributed by atoms with Gasteiger partial charge in [-0.15, -0.1) is 0 Å². The normalized spacial score (nSPS) is 11.5. The fourth-order valence-corrected chi connectivity index (χ4v) is 2.92.